The molecule has 116 valence electrons. The molecule has 0 bridgehead atoms. The monoisotopic (exact) mass is 316 g/mol. The molecule has 0 amide bonds. The SMILES string of the molecule is N#CC1(CS(=O)(=O)N[C@H]2C[C@H]3CCCc4cccc2c43)CC1. The van der Waals surface area contributed by atoms with Crippen molar-refractivity contribution in [2.45, 2.75) is 50.5 Å². The summed E-state index contributed by atoms with van der Waals surface area (Å²) in [5, 5.41) is 9.12. The van der Waals surface area contributed by atoms with Gasteiger partial charge >= 0.3 is 0 Å². The second kappa shape index (κ2) is 4.81. The van der Waals surface area contributed by atoms with Crippen molar-refractivity contribution in [2.24, 2.45) is 5.41 Å². The topological polar surface area (TPSA) is 70.0 Å². The second-order valence-electron chi connectivity index (χ2n) is 7.07. The fourth-order valence-electron chi connectivity index (χ4n) is 4.16. The molecule has 1 fully saturated rings. The summed E-state index contributed by atoms with van der Waals surface area (Å²) in [6.07, 6.45) is 5.74. The van der Waals surface area contributed by atoms with E-state index in [4.69, 9.17) is 5.26 Å². The van der Waals surface area contributed by atoms with Crippen molar-refractivity contribution in [2.75, 3.05) is 5.75 Å². The molecule has 0 aromatic heterocycles. The van der Waals surface area contributed by atoms with Crippen molar-refractivity contribution in [3.8, 4) is 6.07 Å². The Morgan fingerprint density at radius 1 is 1.36 bits per heavy atom. The number of rotatable bonds is 4. The van der Waals surface area contributed by atoms with E-state index in [1.54, 1.807) is 0 Å². The molecule has 22 heavy (non-hydrogen) atoms. The van der Waals surface area contributed by atoms with Gasteiger partial charge in [0.15, 0.2) is 0 Å². The number of hydrogen-bond donors (Lipinski definition) is 1. The summed E-state index contributed by atoms with van der Waals surface area (Å²) in [6.45, 7) is 0. The van der Waals surface area contributed by atoms with E-state index in [9.17, 15) is 8.42 Å². The molecule has 0 radical (unpaired) electrons. The van der Waals surface area contributed by atoms with Crippen LogP contribution in [0.2, 0.25) is 0 Å². The van der Waals surface area contributed by atoms with Gasteiger partial charge in [-0.15, -0.1) is 0 Å². The van der Waals surface area contributed by atoms with Crippen LogP contribution < -0.4 is 4.72 Å². The van der Waals surface area contributed by atoms with Crippen LogP contribution in [0.15, 0.2) is 18.2 Å². The maximum atomic E-state index is 12.4. The van der Waals surface area contributed by atoms with Crippen molar-refractivity contribution < 1.29 is 8.42 Å². The lowest BCUT2D eigenvalue weighted by molar-refractivity contribution is 0.496. The standard InChI is InChI=1S/C17H20N2O2S/c18-10-17(7-8-17)11-22(20,21)19-15-9-13-5-1-3-12-4-2-6-14(15)16(12)13/h2,4,6,13,15,19H,1,3,5,7-9,11H2/t13-,15+/m1/s1. The van der Waals surface area contributed by atoms with Crippen LogP contribution in [0.1, 0.15) is 60.8 Å². The number of sulfonamides is 1. The first-order chi connectivity index (χ1) is 10.5. The molecule has 1 aromatic rings. The molecule has 0 spiro atoms. The molecular weight excluding hydrogens is 296 g/mol. The molecule has 1 N–H and O–H groups in total. The minimum absolute atomic E-state index is 0.0489. The molecule has 5 heteroatoms. The van der Waals surface area contributed by atoms with E-state index in [2.05, 4.69) is 22.9 Å². The highest BCUT2D eigenvalue weighted by molar-refractivity contribution is 7.89. The summed E-state index contributed by atoms with van der Waals surface area (Å²) in [5.74, 6) is 0.450. The predicted molar refractivity (Wildman–Crippen MR) is 83.7 cm³/mol. The Morgan fingerprint density at radius 2 is 2.18 bits per heavy atom. The van der Waals surface area contributed by atoms with Crippen LogP contribution in [0, 0.1) is 16.7 Å². The Labute approximate surface area is 131 Å². The van der Waals surface area contributed by atoms with Crippen LogP contribution in [0.4, 0.5) is 0 Å². The fraction of sp³-hybridized carbons (Fsp3) is 0.588. The van der Waals surface area contributed by atoms with Crippen molar-refractivity contribution in [1.29, 1.82) is 5.26 Å². The van der Waals surface area contributed by atoms with Crippen LogP contribution >= 0.6 is 0 Å². The maximum Gasteiger partial charge on any atom is 0.213 e. The van der Waals surface area contributed by atoms with Gasteiger partial charge in [-0.05, 0) is 61.1 Å². The lowest BCUT2D eigenvalue weighted by atomic mass is 9.84. The molecule has 0 unspecified atom stereocenters. The molecule has 1 saturated carbocycles. The van der Waals surface area contributed by atoms with E-state index >= 15 is 0 Å². The quantitative estimate of drug-likeness (QED) is 0.928. The summed E-state index contributed by atoms with van der Waals surface area (Å²) < 4.78 is 27.8. The van der Waals surface area contributed by atoms with Crippen molar-refractivity contribution in [3.63, 3.8) is 0 Å². The lowest BCUT2D eigenvalue weighted by Gasteiger charge is -2.20. The number of nitrogens with zero attached hydrogens (tertiary/aromatic N) is 1. The van der Waals surface area contributed by atoms with Gasteiger partial charge in [0.05, 0.1) is 17.2 Å². The first-order valence-corrected chi connectivity index (χ1v) is 9.70. The number of nitrogens with one attached hydrogen (secondary N) is 1. The third kappa shape index (κ3) is 2.35. The predicted octanol–water partition coefficient (Wildman–Crippen LogP) is 2.77. The van der Waals surface area contributed by atoms with Crippen LogP contribution in [-0.4, -0.2) is 14.2 Å². The molecule has 1 aromatic carbocycles. The first-order valence-electron chi connectivity index (χ1n) is 8.05. The van der Waals surface area contributed by atoms with Crippen LogP contribution in [-0.2, 0) is 16.4 Å². The summed E-state index contributed by atoms with van der Waals surface area (Å²) in [7, 11) is -3.41. The molecule has 0 heterocycles. The second-order valence-corrected chi connectivity index (χ2v) is 8.82. The van der Waals surface area contributed by atoms with Gasteiger partial charge in [-0.2, -0.15) is 5.26 Å². The normalized spacial score (nSPS) is 28.0. The van der Waals surface area contributed by atoms with Gasteiger partial charge in [0, 0.05) is 6.04 Å². The molecule has 4 rings (SSSR count). The Bertz CT molecular complexity index is 759. The molecular formula is C17H20N2O2S. The minimum Gasteiger partial charge on any atom is -0.212 e. The molecule has 0 aliphatic heterocycles. The summed E-state index contributed by atoms with van der Waals surface area (Å²) in [6, 6.07) is 8.34. The summed E-state index contributed by atoms with van der Waals surface area (Å²) >= 11 is 0. The van der Waals surface area contributed by atoms with Crippen LogP contribution in [0.25, 0.3) is 0 Å². The third-order valence-electron chi connectivity index (χ3n) is 5.41. The van der Waals surface area contributed by atoms with E-state index < -0.39 is 15.4 Å². The smallest absolute Gasteiger partial charge is 0.212 e. The van der Waals surface area contributed by atoms with E-state index in [-0.39, 0.29) is 11.8 Å². The first kappa shape index (κ1) is 14.2. The van der Waals surface area contributed by atoms with Gasteiger partial charge in [-0.25, -0.2) is 13.1 Å². The van der Waals surface area contributed by atoms with Crippen LogP contribution in [0.5, 0.6) is 0 Å². The zero-order valence-corrected chi connectivity index (χ0v) is 13.3. The van der Waals surface area contributed by atoms with E-state index in [1.807, 2.05) is 6.07 Å². The zero-order chi connectivity index (χ0) is 15.4. The summed E-state index contributed by atoms with van der Waals surface area (Å²) in [5.41, 5.74) is 3.32. The lowest BCUT2D eigenvalue weighted by Crippen LogP contribution is -2.32. The highest BCUT2D eigenvalue weighted by atomic mass is 32.2. The van der Waals surface area contributed by atoms with Crippen LogP contribution in [0.3, 0.4) is 0 Å². The summed E-state index contributed by atoms with van der Waals surface area (Å²) in [4.78, 5) is 0. The Kier molecular flexibility index (Phi) is 3.11. The number of nitriles is 1. The van der Waals surface area contributed by atoms with Crippen molar-refractivity contribution in [3.05, 3.63) is 34.9 Å². The molecule has 0 saturated heterocycles. The van der Waals surface area contributed by atoms with Gasteiger partial charge in [0.1, 0.15) is 0 Å². The zero-order valence-electron chi connectivity index (χ0n) is 12.5. The van der Waals surface area contributed by atoms with Gasteiger partial charge in [-0.3, -0.25) is 0 Å². The fourth-order valence-corrected chi connectivity index (χ4v) is 5.98. The Balaban J connectivity index is 1.59. The number of hydrogen-bond acceptors (Lipinski definition) is 3. The highest BCUT2D eigenvalue weighted by Gasteiger charge is 2.47. The highest BCUT2D eigenvalue weighted by Crippen LogP contribution is 2.49. The average molecular weight is 316 g/mol. The van der Waals surface area contributed by atoms with Crippen molar-refractivity contribution in [1.82, 2.24) is 4.72 Å². The van der Waals surface area contributed by atoms with E-state index in [1.165, 1.54) is 17.5 Å². The molecule has 4 nitrogen and oxygen atoms in total. The van der Waals surface area contributed by atoms with E-state index in [0.29, 0.717) is 18.8 Å². The maximum absolute atomic E-state index is 12.4. The van der Waals surface area contributed by atoms with Crippen molar-refractivity contribution >= 4 is 10.0 Å². The Morgan fingerprint density at radius 3 is 2.91 bits per heavy atom. The number of benzene rings is 1. The van der Waals surface area contributed by atoms with Gasteiger partial charge in [0.2, 0.25) is 10.0 Å². The minimum atomic E-state index is -3.41. The Hall–Kier alpha value is -1.38. The largest absolute Gasteiger partial charge is 0.213 e. The average Bonchev–Trinajstić information content (AvgIpc) is 3.17. The molecule has 3 aliphatic carbocycles. The molecule has 3 aliphatic rings. The number of aryl methyl sites for hydroxylation is 1. The third-order valence-corrected chi connectivity index (χ3v) is 6.99. The van der Waals surface area contributed by atoms with Gasteiger partial charge < -0.3 is 0 Å². The van der Waals surface area contributed by atoms with Gasteiger partial charge in [-0.1, -0.05) is 18.2 Å². The van der Waals surface area contributed by atoms with E-state index in [0.717, 1.165) is 24.8 Å². The molecule has 2 atom stereocenters. The van der Waals surface area contributed by atoms with Gasteiger partial charge in [0.25, 0.3) is 0 Å².